The standard InChI is InChI=1S/C25H35N6O8P/c1-14(2)37-23(33)15(3)30-40(35,39-17-10-8-7-9-11-17)36-12-18-20(32)25(5,34)24(38-18)31-13-27-19-21(26-6)28-16(4)29-22(19)31/h7-11,13-15,18,20,24,32,34H,12H2,1-6H3,(H,30,35)(H,26,28,29)/t15-,18+,20+,24+,25+,40?/m0/s1. The van der Waals surface area contributed by atoms with Crippen molar-refractivity contribution in [3.8, 4) is 5.75 Å². The van der Waals surface area contributed by atoms with E-state index in [0.717, 1.165) is 0 Å². The molecule has 0 aliphatic carbocycles. The molecule has 0 radical (unpaired) electrons. The van der Waals surface area contributed by atoms with Gasteiger partial charge in [-0.2, -0.15) is 5.09 Å². The maximum Gasteiger partial charge on any atom is 0.459 e. The molecule has 1 aliphatic heterocycles. The van der Waals surface area contributed by atoms with E-state index >= 15 is 0 Å². The van der Waals surface area contributed by atoms with Crippen LogP contribution in [0.5, 0.6) is 5.75 Å². The van der Waals surface area contributed by atoms with Gasteiger partial charge >= 0.3 is 13.7 Å². The van der Waals surface area contributed by atoms with Gasteiger partial charge in [0.15, 0.2) is 23.2 Å². The summed E-state index contributed by atoms with van der Waals surface area (Å²) in [5.74, 6) is 0.531. The average Bonchev–Trinajstić information content (AvgIpc) is 3.40. The number of para-hydroxylation sites is 1. The summed E-state index contributed by atoms with van der Waals surface area (Å²) in [6, 6.07) is 7.22. The van der Waals surface area contributed by atoms with Gasteiger partial charge in [-0.15, -0.1) is 0 Å². The van der Waals surface area contributed by atoms with Crippen LogP contribution in [0.3, 0.4) is 0 Å². The van der Waals surface area contributed by atoms with Gasteiger partial charge in [0.2, 0.25) is 0 Å². The van der Waals surface area contributed by atoms with Gasteiger partial charge in [-0.3, -0.25) is 13.9 Å². The molecule has 4 N–H and O–H groups in total. The molecule has 1 saturated heterocycles. The fourth-order valence-corrected chi connectivity index (χ4v) is 5.76. The van der Waals surface area contributed by atoms with Crippen molar-refractivity contribution in [3.63, 3.8) is 0 Å². The van der Waals surface area contributed by atoms with Crippen molar-refractivity contribution in [3.05, 3.63) is 42.5 Å². The lowest BCUT2D eigenvalue weighted by Gasteiger charge is -2.27. The quantitative estimate of drug-likeness (QED) is 0.193. The molecule has 0 amide bonds. The predicted octanol–water partition coefficient (Wildman–Crippen LogP) is 2.32. The summed E-state index contributed by atoms with van der Waals surface area (Å²) in [6.07, 6.45) is -2.68. The van der Waals surface area contributed by atoms with Crippen LogP contribution in [0.2, 0.25) is 0 Å². The van der Waals surface area contributed by atoms with Gasteiger partial charge in [0.1, 0.15) is 35.4 Å². The highest BCUT2D eigenvalue weighted by Gasteiger charge is 2.54. The number of ether oxygens (including phenoxy) is 2. The lowest BCUT2D eigenvalue weighted by Crippen LogP contribution is -2.44. The van der Waals surface area contributed by atoms with Gasteiger partial charge in [-0.1, -0.05) is 18.2 Å². The topological polar surface area (TPSA) is 179 Å². The molecule has 3 heterocycles. The van der Waals surface area contributed by atoms with Crippen LogP contribution in [0.15, 0.2) is 36.7 Å². The number of aliphatic hydroxyl groups excluding tert-OH is 1. The van der Waals surface area contributed by atoms with Crippen molar-refractivity contribution < 1.29 is 38.1 Å². The number of aryl methyl sites for hydroxylation is 1. The Morgan fingerprint density at radius 3 is 2.60 bits per heavy atom. The summed E-state index contributed by atoms with van der Waals surface area (Å²) in [4.78, 5) is 25.5. The van der Waals surface area contributed by atoms with E-state index in [1.165, 1.54) is 24.7 Å². The fraction of sp³-hybridized carbons (Fsp3) is 0.520. The summed E-state index contributed by atoms with van der Waals surface area (Å²) in [6.45, 7) is 7.51. The number of rotatable bonds is 11. The van der Waals surface area contributed by atoms with E-state index in [9.17, 15) is 19.6 Å². The Balaban J connectivity index is 1.56. The van der Waals surface area contributed by atoms with E-state index in [1.807, 2.05) is 0 Å². The van der Waals surface area contributed by atoms with Crippen LogP contribution in [0.25, 0.3) is 11.2 Å². The second-order valence-electron chi connectivity index (χ2n) is 9.93. The maximum atomic E-state index is 13.8. The second kappa shape index (κ2) is 11.8. The minimum Gasteiger partial charge on any atom is -0.462 e. The largest absolute Gasteiger partial charge is 0.462 e. The zero-order valence-corrected chi connectivity index (χ0v) is 24.0. The molecule has 218 valence electrons. The van der Waals surface area contributed by atoms with Crippen molar-refractivity contribution in [2.45, 2.75) is 70.8 Å². The van der Waals surface area contributed by atoms with Gasteiger partial charge in [0.05, 0.1) is 19.0 Å². The van der Waals surface area contributed by atoms with E-state index in [1.54, 1.807) is 58.2 Å². The zero-order valence-electron chi connectivity index (χ0n) is 23.1. The highest BCUT2D eigenvalue weighted by atomic mass is 31.2. The number of carbonyl (C=O) groups excluding carboxylic acids is 1. The Morgan fingerprint density at radius 1 is 1.25 bits per heavy atom. The van der Waals surface area contributed by atoms with Gasteiger partial charge < -0.3 is 29.5 Å². The number of imidazole rings is 1. The Bertz CT molecular complexity index is 1380. The summed E-state index contributed by atoms with van der Waals surface area (Å²) >= 11 is 0. The van der Waals surface area contributed by atoms with Crippen molar-refractivity contribution in [1.29, 1.82) is 0 Å². The SMILES string of the molecule is CNc1nc(C)nc2c1ncn2[C@@H]1O[C@H](COP(=O)(N[C@@H](C)C(=O)OC(C)C)Oc2ccccc2)[C@@H](O)[C@@]1(C)O. The molecule has 0 saturated carbocycles. The Morgan fingerprint density at radius 2 is 1.95 bits per heavy atom. The first-order valence-corrected chi connectivity index (χ1v) is 14.3. The van der Waals surface area contributed by atoms with E-state index in [0.29, 0.717) is 22.8 Å². The molecule has 1 fully saturated rings. The Hall–Kier alpha value is -3.13. The first kappa shape index (κ1) is 29.8. The van der Waals surface area contributed by atoms with Crippen molar-refractivity contribution in [1.82, 2.24) is 24.6 Å². The number of nitrogens with zero attached hydrogens (tertiary/aromatic N) is 4. The van der Waals surface area contributed by atoms with Crippen molar-refractivity contribution in [2.24, 2.45) is 0 Å². The monoisotopic (exact) mass is 578 g/mol. The molecule has 6 atom stereocenters. The van der Waals surface area contributed by atoms with E-state index < -0.39 is 50.4 Å². The molecule has 0 bridgehead atoms. The Labute approximate surface area is 231 Å². The molecule has 1 aliphatic rings. The highest BCUT2D eigenvalue weighted by molar-refractivity contribution is 7.52. The maximum absolute atomic E-state index is 13.8. The number of anilines is 1. The minimum atomic E-state index is -4.22. The first-order chi connectivity index (χ1) is 18.8. The summed E-state index contributed by atoms with van der Waals surface area (Å²) in [5, 5.41) is 27.8. The summed E-state index contributed by atoms with van der Waals surface area (Å²) in [7, 11) is -2.52. The van der Waals surface area contributed by atoms with Crippen LogP contribution in [0, 0.1) is 6.92 Å². The average molecular weight is 579 g/mol. The van der Waals surface area contributed by atoms with E-state index in [2.05, 4.69) is 25.4 Å². The zero-order chi connectivity index (χ0) is 29.2. The number of carbonyl (C=O) groups is 1. The fourth-order valence-electron chi connectivity index (χ4n) is 4.25. The number of fused-ring (bicyclic) bond motifs is 1. The lowest BCUT2D eigenvalue weighted by atomic mass is 9.96. The molecule has 1 unspecified atom stereocenters. The van der Waals surface area contributed by atoms with Gasteiger partial charge in [-0.25, -0.2) is 19.5 Å². The third-order valence-corrected chi connectivity index (χ3v) is 7.86. The normalized spacial score (nSPS) is 25.1. The molecular formula is C25H35N6O8P. The third-order valence-electron chi connectivity index (χ3n) is 6.21. The first-order valence-electron chi connectivity index (χ1n) is 12.8. The number of aliphatic hydroxyl groups is 2. The molecule has 3 aromatic rings. The number of benzene rings is 1. The summed E-state index contributed by atoms with van der Waals surface area (Å²) < 4.78 is 37.8. The van der Waals surface area contributed by atoms with Gasteiger partial charge in [0, 0.05) is 7.05 Å². The van der Waals surface area contributed by atoms with E-state index in [-0.39, 0.29) is 11.9 Å². The number of hydrogen-bond donors (Lipinski definition) is 4. The predicted molar refractivity (Wildman–Crippen MR) is 145 cm³/mol. The molecule has 0 spiro atoms. The number of nitrogens with one attached hydrogen (secondary N) is 2. The Kier molecular flexibility index (Phi) is 8.78. The minimum absolute atomic E-state index is 0.223. The lowest BCUT2D eigenvalue weighted by molar-refractivity contribution is -0.149. The van der Waals surface area contributed by atoms with Crippen LogP contribution < -0.4 is 14.9 Å². The summed E-state index contributed by atoms with van der Waals surface area (Å²) in [5.41, 5.74) is -0.978. The van der Waals surface area contributed by atoms with Gasteiger partial charge in [0.25, 0.3) is 0 Å². The van der Waals surface area contributed by atoms with Crippen LogP contribution >= 0.6 is 7.75 Å². The molecule has 1 aromatic carbocycles. The number of aromatic nitrogens is 4. The van der Waals surface area contributed by atoms with Crippen LogP contribution in [0.4, 0.5) is 5.82 Å². The molecule has 14 nitrogen and oxygen atoms in total. The van der Waals surface area contributed by atoms with Crippen molar-refractivity contribution >= 4 is 30.7 Å². The van der Waals surface area contributed by atoms with Crippen LogP contribution in [-0.4, -0.2) is 79.3 Å². The van der Waals surface area contributed by atoms with Gasteiger partial charge in [-0.05, 0) is 46.8 Å². The molecule has 15 heteroatoms. The number of esters is 1. The molecule has 40 heavy (non-hydrogen) atoms. The molecular weight excluding hydrogens is 543 g/mol. The van der Waals surface area contributed by atoms with Crippen LogP contribution in [0.1, 0.15) is 39.7 Å². The van der Waals surface area contributed by atoms with Crippen LogP contribution in [-0.2, 0) is 23.4 Å². The second-order valence-corrected chi connectivity index (χ2v) is 11.6. The van der Waals surface area contributed by atoms with Crippen molar-refractivity contribution in [2.75, 3.05) is 19.0 Å². The third kappa shape index (κ3) is 6.27. The highest BCUT2D eigenvalue weighted by Crippen LogP contribution is 2.47. The molecule has 4 rings (SSSR count). The molecule has 2 aromatic heterocycles. The smallest absolute Gasteiger partial charge is 0.459 e. The van der Waals surface area contributed by atoms with E-state index in [4.69, 9.17) is 18.5 Å². The number of hydrogen-bond acceptors (Lipinski definition) is 12.